The molecule has 0 bridgehead atoms. The van der Waals surface area contributed by atoms with E-state index in [4.69, 9.17) is 0 Å². The molecule has 1 aliphatic rings. The normalized spacial score (nSPS) is 25.4. The summed E-state index contributed by atoms with van der Waals surface area (Å²) in [6, 6.07) is 5.78. The van der Waals surface area contributed by atoms with E-state index >= 15 is 0 Å². The first-order chi connectivity index (χ1) is 8.74. The molecule has 19 heavy (non-hydrogen) atoms. The van der Waals surface area contributed by atoms with Gasteiger partial charge in [-0.3, -0.25) is 4.79 Å². The molecule has 1 aromatic carbocycles. The Morgan fingerprint density at radius 2 is 2.00 bits per heavy atom. The largest absolute Gasteiger partial charge is 0.481 e. The van der Waals surface area contributed by atoms with E-state index in [2.05, 4.69) is 0 Å². The van der Waals surface area contributed by atoms with Gasteiger partial charge in [-0.2, -0.15) is 0 Å². The lowest BCUT2D eigenvalue weighted by Gasteiger charge is -2.22. The summed E-state index contributed by atoms with van der Waals surface area (Å²) in [5.74, 6) is -1.28. The zero-order valence-corrected chi connectivity index (χ0v) is 12.0. The lowest BCUT2D eigenvalue weighted by molar-refractivity contribution is -0.147. The van der Waals surface area contributed by atoms with Crippen LogP contribution in [0.2, 0.25) is 0 Å². The number of carboxylic acids is 1. The van der Waals surface area contributed by atoms with Gasteiger partial charge < -0.3 is 5.11 Å². The number of aliphatic carboxylic acids is 1. The van der Waals surface area contributed by atoms with Crippen molar-refractivity contribution in [1.82, 2.24) is 0 Å². The van der Waals surface area contributed by atoms with Crippen molar-refractivity contribution in [2.24, 2.45) is 5.41 Å². The van der Waals surface area contributed by atoms with Crippen LogP contribution < -0.4 is 0 Å². The van der Waals surface area contributed by atoms with Gasteiger partial charge in [-0.1, -0.05) is 18.2 Å². The predicted molar refractivity (Wildman–Crippen MR) is 73.0 cm³/mol. The third-order valence-electron chi connectivity index (χ3n) is 3.96. The summed E-state index contributed by atoms with van der Waals surface area (Å²) in [6.45, 7) is 3.96. The van der Waals surface area contributed by atoms with Crippen LogP contribution in [-0.4, -0.2) is 31.0 Å². The van der Waals surface area contributed by atoms with Crippen molar-refractivity contribution in [3.05, 3.63) is 34.9 Å². The third-order valence-corrected chi connectivity index (χ3v) is 5.77. The van der Waals surface area contributed by atoms with Crippen molar-refractivity contribution < 1.29 is 18.3 Å². The Balaban J connectivity index is 2.32. The van der Waals surface area contributed by atoms with Gasteiger partial charge in [-0.05, 0) is 43.4 Å². The predicted octanol–water partition coefficient (Wildman–Crippen LogP) is 1.74. The van der Waals surface area contributed by atoms with Crippen LogP contribution in [0.25, 0.3) is 0 Å². The van der Waals surface area contributed by atoms with Gasteiger partial charge >= 0.3 is 5.97 Å². The van der Waals surface area contributed by atoms with Gasteiger partial charge in [0.15, 0.2) is 9.84 Å². The second-order valence-corrected chi connectivity index (χ2v) is 7.71. The van der Waals surface area contributed by atoms with Crippen molar-refractivity contribution in [2.75, 3.05) is 11.5 Å². The molecule has 0 aromatic heterocycles. The van der Waals surface area contributed by atoms with Gasteiger partial charge in [-0.25, -0.2) is 8.42 Å². The molecular weight excluding hydrogens is 264 g/mol. The highest BCUT2D eigenvalue weighted by Gasteiger charge is 2.48. The molecule has 0 saturated carbocycles. The van der Waals surface area contributed by atoms with Gasteiger partial charge in [0.05, 0.1) is 16.9 Å². The Labute approximate surface area is 113 Å². The first kappa shape index (κ1) is 14.1. The van der Waals surface area contributed by atoms with E-state index in [0.717, 1.165) is 16.7 Å². The van der Waals surface area contributed by atoms with Crippen molar-refractivity contribution in [3.8, 4) is 0 Å². The van der Waals surface area contributed by atoms with E-state index in [1.165, 1.54) is 0 Å². The minimum Gasteiger partial charge on any atom is -0.481 e. The number of benzene rings is 1. The van der Waals surface area contributed by atoms with Gasteiger partial charge in [0.1, 0.15) is 0 Å². The topological polar surface area (TPSA) is 71.4 Å². The average molecular weight is 282 g/mol. The van der Waals surface area contributed by atoms with Crippen LogP contribution >= 0.6 is 0 Å². The molecule has 0 spiro atoms. The number of carboxylic acid groups (broad SMARTS) is 1. The summed E-state index contributed by atoms with van der Waals surface area (Å²) < 4.78 is 23.2. The fraction of sp³-hybridized carbons (Fsp3) is 0.500. The molecule has 1 fully saturated rings. The van der Waals surface area contributed by atoms with Crippen LogP contribution in [-0.2, 0) is 21.1 Å². The maximum Gasteiger partial charge on any atom is 0.311 e. The van der Waals surface area contributed by atoms with Crippen LogP contribution in [0, 0.1) is 19.3 Å². The molecule has 1 aliphatic heterocycles. The SMILES string of the molecule is Cc1ccc(CC2(C(=O)O)CCS(=O)(=O)C2)cc1C. The van der Waals surface area contributed by atoms with Crippen molar-refractivity contribution >= 4 is 15.8 Å². The second-order valence-electron chi connectivity index (χ2n) is 5.52. The molecule has 5 heteroatoms. The molecule has 1 saturated heterocycles. The van der Waals surface area contributed by atoms with Gasteiger partial charge in [0.2, 0.25) is 0 Å². The highest BCUT2D eigenvalue weighted by Crippen LogP contribution is 2.36. The molecule has 1 aromatic rings. The smallest absolute Gasteiger partial charge is 0.311 e. The maximum absolute atomic E-state index is 11.6. The molecule has 1 unspecified atom stereocenters. The molecule has 1 heterocycles. The summed E-state index contributed by atoms with van der Waals surface area (Å²) in [5.41, 5.74) is 1.98. The zero-order chi connectivity index (χ0) is 14.3. The van der Waals surface area contributed by atoms with Gasteiger partial charge in [0.25, 0.3) is 0 Å². The third kappa shape index (κ3) is 2.81. The molecule has 1 atom stereocenters. The fourth-order valence-corrected chi connectivity index (χ4v) is 4.66. The molecule has 104 valence electrons. The van der Waals surface area contributed by atoms with E-state index in [9.17, 15) is 18.3 Å². The summed E-state index contributed by atoms with van der Waals surface area (Å²) in [5, 5.41) is 9.42. The molecule has 0 amide bonds. The molecular formula is C14H18O4S. The molecule has 4 nitrogen and oxygen atoms in total. The van der Waals surface area contributed by atoms with E-state index in [1.807, 2.05) is 32.0 Å². The fourth-order valence-electron chi connectivity index (χ4n) is 2.60. The van der Waals surface area contributed by atoms with Crippen LogP contribution in [0.15, 0.2) is 18.2 Å². The monoisotopic (exact) mass is 282 g/mol. The molecule has 0 aliphatic carbocycles. The average Bonchev–Trinajstić information content (AvgIpc) is 2.61. The quantitative estimate of drug-likeness (QED) is 0.916. The lowest BCUT2D eigenvalue weighted by Crippen LogP contribution is -2.34. The van der Waals surface area contributed by atoms with E-state index in [-0.39, 0.29) is 24.3 Å². The first-order valence-corrected chi connectivity index (χ1v) is 8.06. The summed E-state index contributed by atoms with van der Waals surface area (Å²) >= 11 is 0. The number of aryl methyl sites for hydroxylation is 2. The Morgan fingerprint density at radius 1 is 1.32 bits per heavy atom. The van der Waals surface area contributed by atoms with E-state index in [1.54, 1.807) is 0 Å². The Kier molecular flexibility index (Phi) is 3.43. The summed E-state index contributed by atoms with van der Waals surface area (Å²) in [4.78, 5) is 11.5. The van der Waals surface area contributed by atoms with Crippen LogP contribution in [0.3, 0.4) is 0 Å². The van der Waals surface area contributed by atoms with E-state index < -0.39 is 21.2 Å². The summed E-state index contributed by atoms with van der Waals surface area (Å²) in [7, 11) is -3.22. The number of sulfone groups is 1. The van der Waals surface area contributed by atoms with Crippen molar-refractivity contribution in [2.45, 2.75) is 26.7 Å². The highest BCUT2D eigenvalue weighted by molar-refractivity contribution is 7.91. The molecule has 1 N–H and O–H groups in total. The maximum atomic E-state index is 11.6. The van der Waals surface area contributed by atoms with Crippen molar-refractivity contribution in [3.63, 3.8) is 0 Å². The Morgan fingerprint density at radius 3 is 2.47 bits per heavy atom. The minimum atomic E-state index is -3.22. The first-order valence-electron chi connectivity index (χ1n) is 6.24. The Bertz CT molecular complexity index is 618. The number of carbonyl (C=O) groups is 1. The van der Waals surface area contributed by atoms with Gasteiger partial charge in [-0.15, -0.1) is 0 Å². The van der Waals surface area contributed by atoms with Crippen LogP contribution in [0.5, 0.6) is 0 Å². The number of hydrogen-bond acceptors (Lipinski definition) is 3. The molecule has 0 radical (unpaired) electrons. The number of hydrogen-bond donors (Lipinski definition) is 1. The Hall–Kier alpha value is -1.36. The molecule has 2 rings (SSSR count). The minimum absolute atomic E-state index is 0.0237. The lowest BCUT2D eigenvalue weighted by atomic mass is 9.81. The highest BCUT2D eigenvalue weighted by atomic mass is 32.2. The number of rotatable bonds is 3. The van der Waals surface area contributed by atoms with Crippen LogP contribution in [0.4, 0.5) is 0 Å². The van der Waals surface area contributed by atoms with Gasteiger partial charge in [0, 0.05) is 0 Å². The van der Waals surface area contributed by atoms with E-state index in [0.29, 0.717) is 0 Å². The summed E-state index contributed by atoms with van der Waals surface area (Å²) in [6.07, 6.45) is 0.486. The second kappa shape index (κ2) is 4.63. The zero-order valence-electron chi connectivity index (χ0n) is 11.1. The van der Waals surface area contributed by atoms with Crippen molar-refractivity contribution in [1.29, 1.82) is 0 Å². The van der Waals surface area contributed by atoms with Crippen LogP contribution in [0.1, 0.15) is 23.1 Å². The standard InChI is InChI=1S/C14H18O4S/c1-10-3-4-12(7-11(10)2)8-14(13(15)16)5-6-19(17,18)9-14/h3-4,7H,5-6,8-9H2,1-2H3,(H,15,16).